The van der Waals surface area contributed by atoms with E-state index in [0.717, 1.165) is 4.47 Å². The van der Waals surface area contributed by atoms with E-state index in [2.05, 4.69) is 31.8 Å². The molecule has 1 aliphatic heterocycles. The fourth-order valence-corrected chi connectivity index (χ4v) is 4.24. The first kappa shape index (κ1) is 15.0. The third-order valence-electron chi connectivity index (χ3n) is 3.01. The van der Waals surface area contributed by atoms with Crippen molar-refractivity contribution in [3.8, 4) is 0 Å². The molecule has 2 amide bonds. The van der Waals surface area contributed by atoms with Gasteiger partial charge in [-0.15, -0.1) is 0 Å². The average molecular weight is 364 g/mol. The second kappa shape index (κ2) is 5.96. The summed E-state index contributed by atoms with van der Waals surface area (Å²) in [5.41, 5.74) is 4.85. The standard InChI is InChI=1S/C11H14BrN3O4S/c12-8-4-9(13-5-8)11(17)15-14-10(16)3-7-1-2-20(18,19)6-7/h4-5,7,13H,1-3,6H2,(H,14,16)(H,15,17)/t7-/m1/s1. The summed E-state index contributed by atoms with van der Waals surface area (Å²) in [4.78, 5) is 26.0. The highest BCUT2D eigenvalue weighted by molar-refractivity contribution is 9.10. The number of nitrogens with one attached hydrogen (secondary N) is 3. The summed E-state index contributed by atoms with van der Waals surface area (Å²) < 4.78 is 23.3. The molecular weight excluding hydrogens is 350 g/mol. The van der Waals surface area contributed by atoms with Crippen LogP contribution in [0, 0.1) is 5.92 Å². The van der Waals surface area contributed by atoms with Crippen molar-refractivity contribution in [2.24, 2.45) is 5.92 Å². The molecule has 1 fully saturated rings. The molecule has 0 spiro atoms. The predicted octanol–water partition coefficient (Wildman–Crippen LogP) is 0.363. The van der Waals surface area contributed by atoms with Gasteiger partial charge in [-0.05, 0) is 34.3 Å². The molecule has 2 heterocycles. The van der Waals surface area contributed by atoms with E-state index in [9.17, 15) is 18.0 Å². The van der Waals surface area contributed by atoms with Crippen molar-refractivity contribution < 1.29 is 18.0 Å². The number of rotatable bonds is 3. The molecule has 1 atom stereocenters. The van der Waals surface area contributed by atoms with Crippen LogP contribution >= 0.6 is 15.9 Å². The third kappa shape index (κ3) is 4.07. The van der Waals surface area contributed by atoms with Crippen molar-refractivity contribution in [3.63, 3.8) is 0 Å². The van der Waals surface area contributed by atoms with Crippen LogP contribution in [0.4, 0.5) is 0 Å². The summed E-state index contributed by atoms with van der Waals surface area (Å²) in [6.45, 7) is 0. The zero-order valence-corrected chi connectivity index (χ0v) is 12.9. The Kier molecular flexibility index (Phi) is 4.48. The molecule has 1 aliphatic rings. The Morgan fingerprint density at radius 3 is 2.70 bits per heavy atom. The maximum Gasteiger partial charge on any atom is 0.286 e. The van der Waals surface area contributed by atoms with Gasteiger partial charge < -0.3 is 4.98 Å². The molecule has 7 nitrogen and oxygen atoms in total. The summed E-state index contributed by atoms with van der Waals surface area (Å²) in [6, 6.07) is 1.57. The Bertz CT molecular complexity index is 625. The SMILES string of the molecule is O=C(C[C@H]1CCS(=O)(=O)C1)NNC(=O)c1cc(Br)c[nH]1. The number of hydrazine groups is 1. The highest BCUT2D eigenvalue weighted by atomic mass is 79.9. The van der Waals surface area contributed by atoms with Crippen LogP contribution in [0.1, 0.15) is 23.3 Å². The first-order valence-corrected chi connectivity index (χ1v) is 8.61. The highest BCUT2D eigenvalue weighted by Crippen LogP contribution is 2.21. The monoisotopic (exact) mass is 363 g/mol. The van der Waals surface area contributed by atoms with E-state index in [1.165, 1.54) is 0 Å². The molecule has 0 saturated carbocycles. The van der Waals surface area contributed by atoms with Crippen molar-refractivity contribution in [2.45, 2.75) is 12.8 Å². The van der Waals surface area contributed by atoms with E-state index >= 15 is 0 Å². The smallest absolute Gasteiger partial charge is 0.286 e. The molecular formula is C11H14BrN3O4S. The third-order valence-corrected chi connectivity index (χ3v) is 5.30. The minimum atomic E-state index is -2.99. The van der Waals surface area contributed by atoms with Gasteiger partial charge in [-0.25, -0.2) is 8.42 Å². The summed E-state index contributed by atoms with van der Waals surface area (Å²) in [5.74, 6) is -0.864. The van der Waals surface area contributed by atoms with Crippen molar-refractivity contribution >= 4 is 37.6 Å². The lowest BCUT2D eigenvalue weighted by Gasteiger charge is -2.09. The molecule has 3 N–H and O–H groups in total. The topological polar surface area (TPSA) is 108 Å². The number of amides is 2. The van der Waals surface area contributed by atoms with Gasteiger partial charge in [-0.1, -0.05) is 0 Å². The lowest BCUT2D eigenvalue weighted by molar-refractivity contribution is -0.122. The van der Waals surface area contributed by atoms with Gasteiger partial charge in [-0.2, -0.15) is 0 Å². The van der Waals surface area contributed by atoms with Crippen LogP contribution in [-0.2, 0) is 14.6 Å². The number of halogens is 1. The van der Waals surface area contributed by atoms with Crippen LogP contribution in [0.2, 0.25) is 0 Å². The number of H-pyrrole nitrogens is 1. The lowest BCUT2D eigenvalue weighted by atomic mass is 10.1. The molecule has 0 bridgehead atoms. The van der Waals surface area contributed by atoms with Gasteiger partial charge in [0.05, 0.1) is 11.5 Å². The summed E-state index contributed by atoms with van der Waals surface area (Å²) in [7, 11) is -2.99. The molecule has 0 radical (unpaired) electrons. The lowest BCUT2D eigenvalue weighted by Crippen LogP contribution is -2.42. The van der Waals surface area contributed by atoms with Crippen molar-refractivity contribution in [3.05, 3.63) is 22.4 Å². The predicted molar refractivity (Wildman–Crippen MR) is 75.5 cm³/mol. The second-order valence-corrected chi connectivity index (χ2v) is 7.85. The molecule has 110 valence electrons. The first-order valence-electron chi connectivity index (χ1n) is 5.99. The van der Waals surface area contributed by atoms with Gasteiger partial charge >= 0.3 is 0 Å². The average Bonchev–Trinajstić information content (AvgIpc) is 2.92. The Balaban J connectivity index is 1.77. The van der Waals surface area contributed by atoms with Crippen molar-refractivity contribution in [2.75, 3.05) is 11.5 Å². The van der Waals surface area contributed by atoms with Crippen LogP contribution in [0.3, 0.4) is 0 Å². The molecule has 9 heteroatoms. The maximum absolute atomic E-state index is 11.6. The Morgan fingerprint density at radius 2 is 2.15 bits per heavy atom. The fourth-order valence-electron chi connectivity index (χ4n) is 2.04. The minimum Gasteiger partial charge on any atom is -0.356 e. The van der Waals surface area contributed by atoms with Crippen LogP contribution in [0.5, 0.6) is 0 Å². The van der Waals surface area contributed by atoms with Crippen LogP contribution < -0.4 is 10.9 Å². The molecule has 1 saturated heterocycles. The number of sulfone groups is 1. The molecule has 2 rings (SSSR count). The fraction of sp³-hybridized carbons (Fsp3) is 0.455. The summed E-state index contributed by atoms with van der Waals surface area (Å²) in [6.07, 6.45) is 2.18. The number of hydrogen-bond acceptors (Lipinski definition) is 4. The van der Waals surface area contributed by atoms with Crippen molar-refractivity contribution in [1.82, 2.24) is 15.8 Å². The zero-order valence-electron chi connectivity index (χ0n) is 10.5. The molecule has 20 heavy (non-hydrogen) atoms. The highest BCUT2D eigenvalue weighted by Gasteiger charge is 2.29. The van der Waals surface area contributed by atoms with E-state index in [4.69, 9.17) is 0 Å². The van der Waals surface area contributed by atoms with Crippen LogP contribution in [0.25, 0.3) is 0 Å². The van der Waals surface area contributed by atoms with Gasteiger partial charge in [0.15, 0.2) is 9.84 Å². The normalized spacial score (nSPS) is 20.6. The number of hydrogen-bond donors (Lipinski definition) is 3. The largest absolute Gasteiger partial charge is 0.356 e. The van der Waals surface area contributed by atoms with E-state index in [0.29, 0.717) is 12.1 Å². The summed E-state index contributed by atoms with van der Waals surface area (Å²) >= 11 is 3.19. The van der Waals surface area contributed by atoms with Gasteiger partial charge in [0.25, 0.3) is 5.91 Å². The van der Waals surface area contributed by atoms with E-state index in [-0.39, 0.29) is 23.8 Å². The Labute approximate surface area is 124 Å². The van der Waals surface area contributed by atoms with Gasteiger partial charge in [-0.3, -0.25) is 20.4 Å². The Hall–Kier alpha value is -1.35. The van der Waals surface area contributed by atoms with E-state index in [1.54, 1.807) is 12.3 Å². The molecule has 1 aromatic heterocycles. The van der Waals surface area contributed by atoms with Crippen LogP contribution in [0.15, 0.2) is 16.7 Å². The Morgan fingerprint density at radius 1 is 1.40 bits per heavy atom. The van der Waals surface area contributed by atoms with Gasteiger partial charge in [0, 0.05) is 17.1 Å². The second-order valence-electron chi connectivity index (χ2n) is 4.71. The molecule has 1 aromatic rings. The van der Waals surface area contributed by atoms with Crippen LogP contribution in [-0.4, -0.2) is 36.7 Å². The number of aromatic nitrogens is 1. The van der Waals surface area contributed by atoms with Gasteiger partial charge in [0.2, 0.25) is 5.91 Å². The maximum atomic E-state index is 11.6. The van der Waals surface area contributed by atoms with E-state index < -0.39 is 21.7 Å². The minimum absolute atomic E-state index is 0.0396. The quantitative estimate of drug-likeness (QED) is 0.673. The zero-order chi connectivity index (χ0) is 14.8. The number of carbonyl (C=O) groups is 2. The first-order chi connectivity index (χ1) is 9.35. The van der Waals surface area contributed by atoms with Crippen molar-refractivity contribution in [1.29, 1.82) is 0 Å². The summed E-state index contributed by atoms with van der Waals surface area (Å²) in [5, 5.41) is 0. The molecule has 0 aromatic carbocycles. The number of aromatic amines is 1. The van der Waals surface area contributed by atoms with E-state index in [1.807, 2.05) is 0 Å². The number of carbonyl (C=O) groups excluding carboxylic acids is 2. The van der Waals surface area contributed by atoms with Gasteiger partial charge in [0.1, 0.15) is 5.69 Å². The molecule has 0 unspecified atom stereocenters. The molecule has 0 aliphatic carbocycles.